The molecule has 100 valence electrons. The highest BCUT2D eigenvalue weighted by atomic mass is 32.2. The zero-order valence-electron chi connectivity index (χ0n) is 10.4. The predicted octanol–water partition coefficient (Wildman–Crippen LogP) is 1.57. The highest BCUT2D eigenvalue weighted by Crippen LogP contribution is 2.16. The average molecular weight is 296 g/mol. The first-order valence-corrected chi connectivity index (χ1v) is 7.32. The lowest BCUT2D eigenvalue weighted by Crippen LogP contribution is -2.15. The average Bonchev–Trinajstić information content (AvgIpc) is 2.71. The molecule has 0 aliphatic heterocycles. The fraction of sp³-hybridized carbons (Fsp3) is 0.273. The topological polar surface area (TPSA) is 87.7 Å². The summed E-state index contributed by atoms with van der Waals surface area (Å²) in [5, 5.41) is 5.57. The van der Waals surface area contributed by atoms with Crippen LogP contribution in [-0.2, 0) is 4.79 Å². The Labute approximate surface area is 117 Å². The van der Waals surface area contributed by atoms with Crippen molar-refractivity contribution in [2.45, 2.75) is 19.0 Å². The predicted molar refractivity (Wildman–Crippen MR) is 75.8 cm³/mol. The number of rotatable bonds is 4. The maximum absolute atomic E-state index is 11.7. The van der Waals surface area contributed by atoms with E-state index < -0.39 is 0 Å². The lowest BCUT2D eigenvalue weighted by atomic mass is 10.5. The Kier molecular flexibility index (Phi) is 4.33. The molecule has 19 heavy (non-hydrogen) atoms. The van der Waals surface area contributed by atoms with Crippen LogP contribution in [0.4, 0.5) is 5.13 Å². The first-order chi connectivity index (χ1) is 9.02. The van der Waals surface area contributed by atoms with Gasteiger partial charge < -0.3 is 10.3 Å². The van der Waals surface area contributed by atoms with E-state index in [9.17, 15) is 9.59 Å². The lowest BCUT2D eigenvalue weighted by molar-refractivity contribution is -0.113. The van der Waals surface area contributed by atoms with E-state index >= 15 is 0 Å². The van der Waals surface area contributed by atoms with Gasteiger partial charge in [0.15, 0.2) is 10.3 Å². The summed E-state index contributed by atoms with van der Waals surface area (Å²) in [6.45, 7) is 3.60. The van der Waals surface area contributed by atoms with E-state index in [1.54, 1.807) is 6.92 Å². The molecule has 0 aliphatic rings. The standard InChI is InChI=1S/C11H12N4O2S2/c1-6-3-8(16)14-10(12-6)19-5-9(17)15-11-13-7(2)4-18-11/h3-4H,5H2,1-2H3,(H,12,14,16)(H,13,15,17). The molecule has 2 aromatic heterocycles. The van der Waals surface area contributed by atoms with E-state index in [2.05, 4.69) is 20.3 Å². The van der Waals surface area contributed by atoms with Gasteiger partial charge in [0.2, 0.25) is 5.91 Å². The van der Waals surface area contributed by atoms with Crippen LogP contribution in [0.1, 0.15) is 11.4 Å². The van der Waals surface area contributed by atoms with Crippen LogP contribution in [0.5, 0.6) is 0 Å². The Morgan fingerprint density at radius 1 is 1.42 bits per heavy atom. The van der Waals surface area contributed by atoms with Crippen LogP contribution in [0.25, 0.3) is 0 Å². The highest BCUT2D eigenvalue weighted by molar-refractivity contribution is 7.99. The van der Waals surface area contributed by atoms with E-state index in [-0.39, 0.29) is 17.2 Å². The normalized spacial score (nSPS) is 10.4. The molecule has 2 heterocycles. The van der Waals surface area contributed by atoms with Crippen LogP contribution in [0.2, 0.25) is 0 Å². The van der Waals surface area contributed by atoms with Crippen molar-refractivity contribution in [1.29, 1.82) is 0 Å². The van der Waals surface area contributed by atoms with Crippen molar-refractivity contribution in [3.63, 3.8) is 0 Å². The number of aromatic amines is 1. The minimum atomic E-state index is -0.217. The van der Waals surface area contributed by atoms with Gasteiger partial charge in [-0.25, -0.2) is 9.97 Å². The number of thiazole rings is 1. The van der Waals surface area contributed by atoms with Gasteiger partial charge in [0.05, 0.1) is 11.4 Å². The van der Waals surface area contributed by atoms with E-state index in [0.29, 0.717) is 16.0 Å². The second kappa shape index (κ2) is 5.98. The first kappa shape index (κ1) is 13.8. The summed E-state index contributed by atoms with van der Waals surface area (Å²) in [6, 6.07) is 1.41. The van der Waals surface area contributed by atoms with E-state index in [1.165, 1.54) is 29.2 Å². The van der Waals surface area contributed by atoms with Crippen LogP contribution < -0.4 is 10.9 Å². The number of aromatic nitrogens is 3. The summed E-state index contributed by atoms with van der Waals surface area (Å²) >= 11 is 2.56. The van der Waals surface area contributed by atoms with Gasteiger partial charge in [-0.3, -0.25) is 9.59 Å². The summed E-state index contributed by atoms with van der Waals surface area (Å²) in [5.41, 5.74) is 1.28. The Bertz CT molecular complexity index is 650. The summed E-state index contributed by atoms with van der Waals surface area (Å²) in [6.07, 6.45) is 0. The third kappa shape index (κ3) is 4.18. The molecule has 0 bridgehead atoms. The zero-order chi connectivity index (χ0) is 13.8. The van der Waals surface area contributed by atoms with Crippen LogP contribution >= 0.6 is 23.1 Å². The van der Waals surface area contributed by atoms with Crippen LogP contribution in [0, 0.1) is 13.8 Å². The third-order valence-electron chi connectivity index (χ3n) is 2.05. The number of amides is 1. The van der Waals surface area contributed by atoms with E-state index in [1.807, 2.05) is 12.3 Å². The molecule has 0 saturated carbocycles. The van der Waals surface area contributed by atoms with Crippen molar-refractivity contribution in [3.8, 4) is 0 Å². The molecule has 0 fully saturated rings. The van der Waals surface area contributed by atoms with Gasteiger partial charge in [-0.15, -0.1) is 11.3 Å². The van der Waals surface area contributed by atoms with Crippen molar-refractivity contribution < 1.29 is 4.79 Å². The number of nitrogens with zero attached hydrogens (tertiary/aromatic N) is 2. The number of hydrogen-bond acceptors (Lipinski definition) is 6. The minimum absolute atomic E-state index is 0.172. The van der Waals surface area contributed by atoms with Gasteiger partial charge in [-0.1, -0.05) is 11.8 Å². The number of hydrogen-bond donors (Lipinski definition) is 2. The van der Waals surface area contributed by atoms with E-state index in [4.69, 9.17) is 0 Å². The summed E-state index contributed by atoms with van der Waals surface area (Å²) in [4.78, 5) is 33.8. The zero-order valence-corrected chi connectivity index (χ0v) is 12.0. The molecule has 2 aromatic rings. The molecule has 0 unspecified atom stereocenters. The van der Waals surface area contributed by atoms with Gasteiger partial charge in [0.1, 0.15) is 0 Å². The molecular weight excluding hydrogens is 284 g/mol. The SMILES string of the molecule is Cc1cc(=O)[nH]c(SCC(=O)Nc2nc(C)cs2)n1. The van der Waals surface area contributed by atoms with Gasteiger partial charge in [-0.05, 0) is 13.8 Å². The largest absolute Gasteiger partial charge is 0.301 e. The number of carbonyl (C=O) groups is 1. The molecule has 8 heteroatoms. The van der Waals surface area contributed by atoms with Crippen molar-refractivity contribution in [2.75, 3.05) is 11.1 Å². The van der Waals surface area contributed by atoms with Crippen molar-refractivity contribution in [3.05, 3.63) is 33.2 Å². The monoisotopic (exact) mass is 296 g/mol. The Balaban J connectivity index is 1.91. The van der Waals surface area contributed by atoms with Crippen molar-refractivity contribution in [1.82, 2.24) is 15.0 Å². The number of anilines is 1. The number of aryl methyl sites for hydroxylation is 2. The Morgan fingerprint density at radius 2 is 2.21 bits per heavy atom. The fourth-order valence-corrected chi connectivity index (χ4v) is 2.75. The highest BCUT2D eigenvalue weighted by Gasteiger charge is 2.07. The van der Waals surface area contributed by atoms with Gasteiger partial charge in [-0.2, -0.15) is 0 Å². The first-order valence-electron chi connectivity index (χ1n) is 5.45. The third-order valence-corrected chi connectivity index (χ3v) is 3.80. The molecule has 0 atom stereocenters. The van der Waals surface area contributed by atoms with Gasteiger partial charge >= 0.3 is 0 Å². The molecule has 0 saturated heterocycles. The number of thioether (sulfide) groups is 1. The van der Waals surface area contributed by atoms with E-state index in [0.717, 1.165) is 5.69 Å². The molecule has 0 aromatic carbocycles. The van der Waals surface area contributed by atoms with Gasteiger partial charge in [0.25, 0.3) is 5.56 Å². The Morgan fingerprint density at radius 3 is 2.84 bits per heavy atom. The van der Waals surface area contributed by atoms with Crippen molar-refractivity contribution in [2.24, 2.45) is 0 Å². The maximum Gasteiger partial charge on any atom is 0.251 e. The van der Waals surface area contributed by atoms with Crippen LogP contribution in [0.15, 0.2) is 21.4 Å². The molecule has 1 amide bonds. The molecule has 6 nitrogen and oxygen atoms in total. The van der Waals surface area contributed by atoms with Crippen LogP contribution in [0.3, 0.4) is 0 Å². The van der Waals surface area contributed by atoms with Crippen LogP contribution in [-0.4, -0.2) is 26.6 Å². The molecule has 2 N–H and O–H groups in total. The second-order valence-electron chi connectivity index (χ2n) is 3.82. The van der Waals surface area contributed by atoms with Gasteiger partial charge in [0, 0.05) is 17.1 Å². The molecule has 0 aliphatic carbocycles. The minimum Gasteiger partial charge on any atom is -0.301 e. The summed E-state index contributed by atoms with van der Waals surface area (Å²) in [5.74, 6) is -0.00566. The smallest absolute Gasteiger partial charge is 0.251 e. The number of H-pyrrole nitrogens is 1. The molecular formula is C11H12N4O2S2. The summed E-state index contributed by atoms with van der Waals surface area (Å²) < 4.78 is 0. The maximum atomic E-state index is 11.7. The Hall–Kier alpha value is -1.67. The number of nitrogens with one attached hydrogen (secondary N) is 2. The quantitative estimate of drug-likeness (QED) is 0.660. The van der Waals surface area contributed by atoms with Crippen molar-refractivity contribution >= 4 is 34.1 Å². The summed E-state index contributed by atoms with van der Waals surface area (Å²) in [7, 11) is 0. The number of carbonyl (C=O) groups excluding carboxylic acids is 1. The lowest BCUT2D eigenvalue weighted by Gasteiger charge is -2.02. The second-order valence-corrected chi connectivity index (χ2v) is 5.64. The fourth-order valence-electron chi connectivity index (χ4n) is 1.32. The molecule has 0 spiro atoms. The molecule has 2 rings (SSSR count). The molecule has 0 radical (unpaired) electrons.